The van der Waals surface area contributed by atoms with Crippen LogP contribution in [0.1, 0.15) is 18.9 Å². The molecule has 0 unspecified atom stereocenters. The first-order valence-electron chi connectivity index (χ1n) is 8.03. The number of aliphatic hydroxyl groups is 1. The molecule has 0 aliphatic heterocycles. The fourth-order valence-corrected chi connectivity index (χ4v) is 9.61. The molecule has 1 nitrogen and oxygen atoms in total. The lowest BCUT2D eigenvalue weighted by atomic mass is 9.64. The van der Waals surface area contributed by atoms with E-state index in [0.717, 1.165) is 29.6 Å². The molecule has 2 heteroatoms. The lowest BCUT2D eigenvalue weighted by Crippen LogP contribution is -2.38. The molecule has 1 aromatic carbocycles. The summed E-state index contributed by atoms with van der Waals surface area (Å²) >= 11 is 4.06. The van der Waals surface area contributed by atoms with E-state index in [-0.39, 0.29) is 0 Å². The van der Waals surface area contributed by atoms with E-state index in [2.05, 4.69) is 53.2 Å². The van der Waals surface area contributed by atoms with Crippen LogP contribution in [0.3, 0.4) is 0 Å². The second kappa shape index (κ2) is 2.92. The van der Waals surface area contributed by atoms with E-state index in [1.807, 2.05) is 0 Å². The van der Waals surface area contributed by atoms with E-state index >= 15 is 0 Å². The van der Waals surface area contributed by atoms with E-state index in [9.17, 15) is 5.11 Å². The Kier molecular flexibility index (Phi) is 1.64. The van der Waals surface area contributed by atoms with Crippen LogP contribution in [-0.2, 0) is 5.60 Å². The first-order chi connectivity index (χ1) is 9.61. The highest BCUT2D eigenvalue weighted by atomic mass is 79.9. The van der Waals surface area contributed by atoms with E-state index in [1.54, 1.807) is 0 Å². The highest BCUT2D eigenvalue weighted by Crippen LogP contribution is 2.91. The topological polar surface area (TPSA) is 20.2 Å². The van der Waals surface area contributed by atoms with Gasteiger partial charge in [0.05, 0.1) is 5.60 Å². The number of alkyl halides is 1. The summed E-state index contributed by atoms with van der Waals surface area (Å²) in [4.78, 5) is 0.646. The van der Waals surface area contributed by atoms with Gasteiger partial charge in [0.15, 0.2) is 0 Å². The number of benzene rings is 1. The third-order valence-corrected chi connectivity index (χ3v) is 9.81. The maximum absolute atomic E-state index is 11.8. The number of hydrogen-bond acceptors (Lipinski definition) is 1. The van der Waals surface area contributed by atoms with Crippen molar-refractivity contribution in [2.45, 2.75) is 23.8 Å². The normalized spacial score (nSPS) is 67.0. The smallest absolute Gasteiger partial charge is 0.0966 e. The summed E-state index contributed by atoms with van der Waals surface area (Å²) in [5.41, 5.74) is 0.990. The second-order valence-electron chi connectivity index (χ2n) is 8.21. The third kappa shape index (κ3) is 0.772. The van der Waals surface area contributed by atoms with Gasteiger partial charge in [-0.1, -0.05) is 53.2 Å². The van der Waals surface area contributed by atoms with Crippen molar-refractivity contribution in [1.82, 2.24) is 0 Å². The zero-order valence-electron chi connectivity index (χ0n) is 11.5. The van der Waals surface area contributed by atoms with Crippen molar-refractivity contribution >= 4 is 15.9 Å². The summed E-state index contributed by atoms with van der Waals surface area (Å²) in [6.45, 7) is 2.48. The van der Waals surface area contributed by atoms with Crippen LogP contribution >= 0.6 is 15.9 Å². The van der Waals surface area contributed by atoms with Crippen LogP contribution in [-0.4, -0.2) is 9.93 Å². The van der Waals surface area contributed by atoms with Gasteiger partial charge in [-0.25, -0.2) is 0 Å². The standard InChI is InChI=1S/C18H19BrO/c1-17-13-10-7-9-11(12(10)16(17)19)15(17)18(20,14(9)13)8-5-3-2-4-6-8/h2-6,9-16,20H,7H2,1H3/t9-,10+,11+,12-,13-,14+,15+,16+,17-,18-/m1/s1. The molecule has 6 aliphatic carbocycles. The third-order valence-electron chi connectivity index (χ3n) is 8.21. The molecule has 6 fully saturated rings. The van der Waals surface area contributed by atoms with Crippen molar-refractivity contribution in [3.05, 3.63) is 35.9 Å². The Morgan fingerprint density at radius 3 is 2.50 bits per heavy atom. The zero-order chi connectivity index (χ0) is 13.4. The number of halogens is 1. The average molecular weight is 331 g/mol. The van der Waals surface area contributed by atoms with Gasteiger partial charge in [0, 0.05) is 10.7 Å². The molecule has 6 bridgehead atoms. The molecule has 1 N–H and O–H groups in total. The molecule has 0 radical (unpaired) electrons. The zero-order valence-corrected chi connectivity index (χ0v) is 13.1. The largest absolute Gasteiger partial charge is 0.385 e. The van der Waals surface area contributed by atoms with E-state index < -0.39 is 5.60 Å². The number of hydrogen-bond donors (Lipinski definition) is 1. The summed E-state index contributed by atoms with van der Waals surface area (Å²) in [6, 6.07) is 10.6. The molecule has 104 valence electrons. The lowest BCUT2D eigenvalue weighted by molar-refractivity contribution is -0.0284. The van der Waals surface area contributed by atoms with Gasteiger partial charge in [-0.2, -0.15) is 0 Å². The van der Waals surface area contributed by atoms with Crippen molar-refractivity contribution in [2.75, 3.05) is 0 Å². The SMILES string of the molecule is C[C@]12[C@@H]3[C@H]4C[C@@H]5[C@@H]([C@@H]4[C@@H]1Br)[C@@H]2[C@@](O)(c1ccccc1)[C@@H]53. The first kappa shape index (κ1) is 11.3. The van der Waals surface area contributed by atoms with Gasteiger partial charge >= 0.3 is 0 Å². The van der Waals surface area contributed by atoms with Crippen molar-refractivity contribution in [3.63, 3.8) is 0 Å². The Bertz CT molecular complexity index is 628. The first-order valence-corrected chi connectivity index (χ1v) is 8.94. The van der Waals surface area contributed by atoms with Crippen LogP contribution in [0.25, 0.3) is 0 Å². The van der Waals surface area contributed by atoms with Crippen LogP contribution in [0, 0.1) is 46.8 Å². The Morgan fingerprint density at radius 2 is 1.80 bits per heavy atom. The predicted octanol–water partition coefficient (Wildman–Crippen LogP) is 3.42. The van der Waals surface area contributed by atoms with Crippen LogP contribution in [0.2, 0.25) is 0 Å². The van der Waals surface area contributed by atoms with Crippen LogP contribution < -0.4 is 0 Å². The average Bonchev–Trinajstić information content (AvgIpc) is 3.16. The van der Waals surface area contributed by atoms with Crippen LogP contribution in [0.5, 0.6) is 0 Å². The van der Waals surface area contributed by atoms with Gasteiger partial charge in [-0.05, 0) is 52.9 Å². The molecule has 0 saturated heterocycles. The maximum atomic E-state index is 11.8. The van der Waals surface area contributed by atoms with Crippen molar-refractivity contribution in [2.24, 2.45) is 46.8 Å². The van der Waals surface area contributed by atoms with Crippen molar-refractivity contribution in [3.8, 4) is 0 Å². The lowest BCUT2D eigenvalue weighted by Gasteiger charge is -2.40. The minimum atomic E-state index is -0.540. The van der Waals surface area contributed by atoms with Crippen molar-refractivity contribution in [1.29, 1.82) is 0 Å². The van der Waals surface area contributed by atoms with Gasteiger partial charge in [0.1, 0.15) is 0 Å². The Labute approximate surface area is 127 Å². The molecule has 10 atom stereocenters. The second-order valence-corrected chi connectivity index (χ2v) is 9.19. The molecule has 0 amide bonds. The molecule has 6 saturated carbocycles. The summed E-state index contributed by atoms with van der Waals surface area (Å²) < 4.78 is 0. The summed E-state index contributed by atoms with van der Waals surface area (Å²) in [5, 5.41) is 11.8. The number of rotatable bonds is 1. The molecule has 0 heterocycles. The monoisotopic (exact) mass is 330 g/mol. The molecule has 20 heavy (non-hydrogen) atoms. The van der Waals surface area contributed by atoms with Gasteiger partial charge in [0.2, 0.25) is 0 Å². The molecular formula is C18H19BrO. The fourth-order valence-electron chi connectivity index (χ4n) is 8.28. The van der Waals surface area contributed by atoms with E-state index in [1.165, 1.54) is 12.0 Å². The quantitative estimate of drug-likeness (QED) is 0.782. The van der Waals surface area contributed by atoms with Crippen LogP contribution in [0.4, 0.5) is 0 Å². The van der Waals surface area contributed by atoms with Gasteiger partial charge in [-0.15, -0.1) is 0 Å². The molecule has 7 rings (SSSR count). The predicted molar refractivity (Wildman–Crippen MR) is 80.2 cm³/mol. The summed E-state index contributed by atoms with van der Waals surface area (Å²) in [5.74, 6) is 5.14. The fraction of sp³-hybridized carbons (Fsp3) is 0.667. The van der Waals surface area contributed by atoms with E-state index in [4.69, 9.17) is 0 Å². The van der Waals surface area contributed by atoms with Crippen LogP contribution in [0.15, 0.2) is 30.3 Å². The highest BCUT2D eigenvalue weighted by Gasteiger charge is 2.91. The Hall–Kier alpha value is -0.340. The Balaban J connectivity index is 1.65. The van der Waals surface area contributed by atoms with Gasteiger partial charge in [0.25, 0.3) is 0 Å². The molecule has 0 aromatic heterocycles. The minimum absolute atomic E-state index is 0.336. The molecular weight excluding hydrogens is 312 g/mol. The molecule has 1 aromatic rings. The summed E-state index contributed by atoms with van der Waals surface area (Å²) in [7, 11) is 0. The Morgan fingerprint density at radius 1 is 1.10 bits per heavy atom. The maximum Gasteiger partial charge on any atom is 0.0966 e. The van der Waals surface area contributed by atoms with Gasteiger partial charge < -0.3 is 5.11 Å². The van der Waals surface area contributed by atoms with Gasteiger partial charge in [-0.3, -0.25) is 0 Å². The minimum Gasteiger partial charge on any atom is -0.385 e. The summed E-state index contributed by atoms with van der Waals surface area (Å²) in [6.07, 6.45) is 1.40. The molecule has 6 aliphatic rings. The highest BCUT2D eigenvalue weighted by molar-refractivity contribution is 9.09. The molecule has 0 spiro atoms. The van der Waals surface area contributed by atoms with E-state index in [0.29, 0.717) is 22.1 Å². The van der Waals surface area contributed by atoms with Crippen molar-refractivity contribution < 1.29 is 5.11 Å².